The van der Waals surface area contributed by atoms with Crippen LogP contribution in [-0.2, 0) is 20.2 Å². The van der Waals surface area contributed by atoms with Gasteiger partial charge in [-0.1, -0.05) is 0 Å². The number of hydrogen-bond acceptors (Lipinski definition) is 21. The highest BCUT2D eigenvalue weighted by molar-refractivity contribution is 7.86. The van der Waals surface area contributed by atoms with E-state index in [0.717, 1.165) is 24.3 Å². The Labute approximate surface area is 306 Å². The fourth-order valence-corrected chi connectivity index (χ4v) is 5.60. The zero-order valence-corrected chi connectivity index (χ0v) is 28.1. The van der Waals surface area contributed by atoms with Crippen LogP contribution in [0, 0.1) is 30.3 Å². The van der Waals surface area contributed by atoms with E-state index >= 15 is 0 Å². The molecule has 0 spiro atoms. The monoisotopic (exact) mass is 802 g/mol. The number of nitro benzene ring substituents is 3. The third-order valence-electron chi connectivity index (χ3n) is 7.07. The van der Waals surface area contributed by atoms with E-state index in [-0.39, 0.29) is 14.2 Å². The van der Waals surface area contributed by atoms with Crippen LogP contribution < -0.4 is 0 Å². The van der Waals surface area contributed by atoms with E-state index < -0.39 is 118 Å². The molecule has 0 radical (unpaired) electrons. The molecule has 27 heteroatoms. The molecule has 286 valence electrons. The molecule has 0 fully saturated rings. The lowest BCUT2D eigenvalue weighted by Gasteiger charge is -2.12. The Bertz CT molecular complexity index is 2800. The van der Waals surface area contributed by atoms with Crippen molar-refractivity contribution < 1.29 is 64.0 Å². The van der Waals surface area contributed by atoms with Gasteiger partial charge in [-0.25, -0.2) is 8.42 Å². The average Bonchev–Trinajstić information content (AvgIpc) is 3.10. The molecule has 0 bridgehead atoms. The van der Waals surface area contributed by atoms with Crippen molar-refractivity contribution >= 4 is 82.2 Å². The number of nitro groups is 3. The minimum absolute atomic E-state index is 0. The van der Waals surface area contributed by atoms with E-state index in [9.17, 15) is 76.7 Å². The van der Waals surface area contributed by atoms with Crippen LogP contribution in [0.1, 0.15) is 2.85 Å². The van der Waals surface area contributed by atoms with Gasteiger partial charge in [0.25, 0.3) is 21.5 Å². The van der Waals surface area contributed by atoms with Gasteiger partial charge in [-0.3, -0.25) is 34.9 Å². The van der Waals surface area contributed by atoms with E-state index in [1.165, 1.54) is 0 Å². The largest absolute Gasteiger partial charge is 0.744 e. The highest BCUT2D eigenvalue weighted by Gasteiger charge is 2.25. The van der Waals surface area contributed by atoms with Gasteiger partial charge in [0.2, 0.25) is 5.75 Å². The number of azo groups is 3. The van der Waals surface area contributed by atoms with Crippen LogP contribution in [0.25, 0.3) is 10.8 Å². The summed E-state index contributed by atoms with van der Waals surface area (Å²) in [5.41, 5.74) is -6.32. The first-order valence-corrected chi connectivity index (χ1v) is 17.0. The molecule has 0 unspecified atom stereocenters. The third kappa shape index (κ3) is 8.23. The number of fused-ring (bicyclic) bond motifs is 1. The van der Waals surface area contributed by atoms with Gasteiger partial charge in [0, 0.05) is 33.2 Å². The Morgan fingerprint density at radius 2 is 1.09 bits per heavy atom. The van der Waals surface area contributed by atoms with Crippen LogP contribution in [0.15, 0.2) is 107 Å². The quantitative estimate of drug-likeness (QED) is 0.0379. The number of phenolic OH excluding ortho intramolecular Hbond substituents is 4. The fraction of sp³-hybridized carbons (Fsp3) is 0. The Hall–Kier alpha value is -7.62. The summed E-state index contributed by atoms with van der Waals surface area (Å²) in [5, 5.41) is 97.9. The van der Waals surface area contributed by atoms with Crippen molar-refractivity contribution in [1.82, 2.24) is 0 Å². The number of hydrogen-bond donors (Lipinski definition) is 5. The molecule has 0 aliphatic heterocycles. The van der Waals surface area contributed by atoms with Crippen LogP contribution in [0.4, 0.5) is 51.2 Å². The summed E-state index contributed by atoms with van der Waals surface area (Å²) in [4.78, 5) is 28.9. The number of phenols is 4. The molecule has 0 amide bonds. The first-order valence-electron chi connectivity index (χ1n) is 14.1. The van der Waals surface area contributed by atoms with Gasteiger partial charge in [0.1, 0.15) is 32.9 Å². The Balaban J connectivity index is 0.00000435. The number of rotatable bonds is 11. The lowest BCUT2D eigenvalue weighted by Crippen LogP contribution is -2.00. The number of benzene rings is 5. The zero-order valence-electron chi connectivity index (χ0n) is 26.4. The summed E-state index contributed by atoms with van der Waals surface area (Å²) >= 11 is 0. The van der Waals surface area contributed by atoms with Crippen molar-refractivity contribution in [2.75, 3.05) is 0 Å². The molecule has 5 aromatic rings. The predicted octanol–water partition coefficient (Wildman–Crippen LogP) is 7.28. The number of aromatic hydroxyl groups is 4. The summed E-state index contributed by atoms with van der Waals surface area (Å²) < 4.78 is 68.6. The molecule has 0 aliphatic carbocycles. The van der Waals surface area contributed by atoms with Gasteiger partial charge in [-0.05, 0) is 35.7 Å². The number of nitrogens with zero attached hydrogens (tertiary/aromatic N) is 9. The van der Waals surface area contributed by atoms with E-state index in [0.29, 0.717) is 42.5 Å². The SMILES string of the molecule is O=[N+]([O-])c1ccc(N=Nc2c(O)c(N=Nc3cc([N+](=O)[O-])cc([N+](=O)[O-])c3O)cc(N=Nc3cc(S(=O)(=O)[O-])cc4cc(S(=O)(=O)O)cc(O)c34)c2O)cc1.[HH].[HH]. The lowest BCUT2D eigenvalue weighted by molar-refractivity contribution is -0.394. The second-order valence-corrected chi connectivity index (χ2v) is 13.4. The lowest BCUT2D eigenvalue weighted by atomic mass is 10.1. The molecule has 0 aromatic heterocycles. The van der Waals surface area contributed by atoms with E-state index in [2.05, 4.69) is 30.7 Å². The summed E-state index contributed by atoms with van der Waals surface area (Å²) in [5.74, 6) is -4.23. The Morgan fingerprint density at radius 1 is 0.564 bits per heavy atom. The third-order valence-corrected chi connectivity index (χ3v) is 8.71. The van der Waals surface area contributed by atoms with Crippen molar-refractivity contribution in [2.45, 2.75) is 9.79 Å². The fourth-order valence-electron chi connectivity index (χ4n) is 4.53. The Kier molecular flexibility index (Phi) is 10.1. The standard InChI is InChI=1S/C28H17N9O16S2.2H2/c38-23-10-17(55(51,52)53)6-12-5-16(54(48,49)50)9-18(24(12)23)30-32-20-11-21(33-31-19-7-15(36(44)45)8-22(26(19)39)37(46)47)28(41)25(27(20)40)34-29-13-1-3-14(4-2-13)35(42)43;;/h1-11,38-41H,(H,48,49,50)(H,51,52,53);2*1H/p-1. The first-order chi connectivity index (χ1) is 25.6. The maximum absolute atomic E-state index is 11.9. The van der Waals surface area contributed by atoms with E-state index in [1.54, 1.807) is 0 Å². The summed E-state index contributed by atoms with van der Waals surface area (Å²) in [7, 11) is -10.3. The molecule has 0 aliphatic rings. The van der Waals surface area contributed by atoms with Crippen molar-refractivity contribution in [3.05, 3.63) is 97.1 Å². The van der Waals surface area contributed by atoms with Gasteiger partial charge in [-0.15, -0.1) is 25.6 Å². The molecule has 55 heavy (non-hydrogen) atoms. The van der Waals surface area contributed by atoms with Crippen molar-refractivity contribution in [3.63, 3.8) is 0 Å². The molecule has 0 atom stereocenters. The number of non-ortho nitro benzene ring substituents is 2. The first kappa shape index (κ1) is 38.6. The van der Waals surface area contributed by atoms with Crippen LogP contribution in [-0.4, -0.2) is 61.1 Å². The second-order valence-electron chi connectivity index (χ2n) is 10.6. The summed E-state index contributed by atoms with van der Waals surface area (Å²) in [6, 6.07) is 8.56. The van der Waals surface area contributed by atoms with Crippen molar-refractivity contribution in [3.8, 4) is 23.0 Å². The minimum Gasteiger partial charge on any atom is -0.744 e. The maximum atomic E-state index is 11.9. The van der Waals surface area contributed by atoms with E-state index in [4.69, 9.17) is 0 Å². The Morgan fingerprint density at radius 3 is 1.60 bits per heavy atom. The highest BCUT2D eigenvalue weighted by Crippen LogP contribution is 2.51. The molecule has 0 saturated heterocycles. The van der Waals surface area contributed by atoms with Crippen molar-refractivity contribution in [1.29, 1.82) is 0 Å². The summed E-state index contributed by atoms with van der Waals surface area (Å²) in [6.45, 7) is 0. The van der Waals surface area contributed by atoms with Gasteiger partial charge < -0.3 is 25.0 Å². The predicted molar refractivity (Wildman–Crippen MR) is 184 cm³/mol. The normalized spacial score (nSPS) is 12.3. The maximum Gasteiger partial charge on any atom is 0.319 e. The second kappa shape index (κ2) is 14.4. The van der Waals surface area contributed by atoms with Gasteiger partial charge >= 0.3 is 5.69 Å². The smallest absolute Gasteiger partial charge is 0.319 e. The minimum atomic E-state index is -5.31. The molecular formula is C28H20N9O16S2-. The molecule has 0 heterocycles. The van der Waals surface area contributed by atoms with Crippen LogP contribution in [0.2, 0.25) is 0 Å². The molecule has 5 aromatic carbocycles. The zero-order chi connectivity index (χ0) is 40.6. The van der Waals surface area contributed by atoms with Gasteiger partial charge in [0.05, 0.1) is 47.4 Å². The van der Waals surface area contributed by atoms with Crippen LogP contribution in [0.3, 0.4) is 0 Å². The van der Waals surface area contributed by atoms with Gasteiger partial charge in [-0.2, -0.15) is 13.5 Å². The van der Waals surface area contributed by atoms with Crippen LogP contribution in [0.5, 0.6) is 23.0 Å². The highest BCUT2D eigenvalue weighted by atomic mass is 32.2. The molecular weight excluding hydrogens is 782 g/mol. The molecule has 25 nitrogen and oxygen atoms in total. The molecule has 0 saturated carbocycles. The average molecular weight is 803 g/mol. The van der Waals surface area contributed by atoms with Crippen LogP contribution >= 0.6 is 0 Å². The van der Waals surface area contributed by atoms with Crippen molar-refractivity contribution in [2.24, 2.45) is 30.7 Å². The topological polar surface area (TPSA) is 396 Å². The summed E-state index contributed by atoms with van der Waals surface area (Å²) in [6.07, 6.45) is 0. The molecule has 5 rings (SSSR count). The van der Waals surface area contributed by atoms with Gasteiger partial charge in [0.15, 0.2) is 17.2 Å². The van der Waals surface area contributed by atoms with E-state index in [1.807, 2.05) is 0 Å². The molecule has 5 N–H and O–H groups in total.